The number of carbonyl (C=O) groups excluding carboxylic acids is 1. The van der Waals surface area contributed by atoms with Crippen molar-refractivity contribution in [1.82, 2.24) is 10.6 Å². The number of hydrogen-bond donors (Lipinski definition) is 3. The van der Waals surface area contributed by atoms with Gasteiger partial charge in [0.25, 0.3) is 0 Å². The van der Waals surface area contributed by atoms with Crippen molar-refractivity contribution >= 4 is 28.8 Å². The molecule has 0 bridgehead atoms. The molecule has 0 fully saturated rings. The standard InChI is InChI=1S/C16H19ClN2O2S/c17-14-6-2-1-5-13(14)15(20)11-18-8-7-16(21)19-10-12-4-3-9-22-12/h1-6,9,15,18,20H,7-8,10-11H2,(H,19,21). The molecule has 2 aromatic rings. The highest BCUT2D eigenvalue weighted by atomic mass is 35.5. The largest absolute Gasteiger partial charge is 0.387 e. The minimum Gasteiger partial charge on any atom is -0.387 e. The van der Waals surface area contributed by atoms with E-state index in [9.17, 15) is 9.90 Å². The topological polar surface area (TPSA) is 61.4 Å². The number of carbonyl (C=O) groups is 1. The summed E-state index contributed by atoms with van der Waals surface area (Å²) < 4.78 is 0. The highest BCUT2D eigenvalue weighted by molar-refractivity contribution is 7.09. The fraction of sp³-hybridized carbons (Fsp3) is 0.312. The summed E-state index contributed by atoms with van der Waals surface area (Å²) in [5, 5.41) is 18.5. The number of amides is 1. The van der Waals surface area contributed by atoms with Crippen molar-refractivity contribution in [2.24, 2.45) is 0 Å². The van der Waals surface area contributed by atoms with Gasteiger partial charge in [-0.05, 0) is 17.5 Å². The second-order valence-electron chi connectivity index (χ2n) is 4.85. The van der Waals surface area contributed by atoms with E-state index in [0.717, 1.165) is 4.88 Å². The van der Waals surface area contributed by atoms with E-state index in [2.05, 4.69) is 10.6 Å². The molecule has 0 spiro atoms. The van der Waals surface area contributed by atoms with E-state index in [1.165, 1.54) is 0 Å². The number of hydrogen-bond acceptors (Lipinski definition) is 4. The van der Waals surface area contributed by atoms with Gasteiger partial charge in [-0.15, -0.1) is 11.3 Å². The van der Waals surface area contributed by atoms with Gasteiger partial charge in [-0.3, -0.25) is 4.79 Å². The van der Waals surface area contributed by atoms with Crippen LogP contribution in [-0.4, -0.2) is 24.1 Å². The highest BCUT2D eigenvalue weighted by Gasteiger charge is 2.10. The lowest BCUT2D eigenvalue weighted by molar-refractivity contribution is -0.121. The Morgan fingerprint density at radius 3 is 2.82 bits per heavy atom. The van der Waals surface area contributed by atoms with Gasteiger partial charge in [-0.25, -0.2) is 0 Å². The first-order chi connectivity index (χ1) is 10.7. The van der Waals surface area contributed by atoms with Crippen molar-refractivity contribution in [2.75, 3.05) is 13.1 Å². The normalized spacial score (nSPS) is 12.1. The first-order valence-electron chi connectivity index (χ1n) is 7.09. The molecule has 1 amide bonds. The molecular weight excluding hydrogens is 320 g/mol. The van der Waals surface area contributed by atoms with Crippen LogP contribution in [-0.2, 0) is 11.3 Å². The number of benzene rings is 1. The molecule has 2 rings (SSSR count). The predicted octanol–water partition coefficient (Wildman–Crippen LogP) is 2.73. The molecule has 118 valence electrons. The molecule has 3 N–H and O–H groups in total. The molecule has 6 heteroatoms. The van der Waals surface area contributed by atoms with Gasteiger partial charge in [-0.2, -0.15) is 0 Å². The van der Waals surface area contributed by atoms with Gasteiger partial charge >= 0.3 is 0 Å². The first kappa shape index (κ1) is 17.0. The van der Waals surface area contributed by atoms with Crippen LogP contribution in [0.1, 0.15) is 23.0 Å². The highest BCUT2D eigenvalue weighted by Crippen LogP contribution is 2.21. The maximum Gasteiger partial charge on any atom is 0.221 e. The second-order valence-corrected chi connectivity index (χ2v) is 6.29. The molecule has 0 aliphatic heterocycles. The van der Waals surface area contributed by atoms with Crippen LogP contribution in [0, 0.1) is 0 Å². The van der Waals surface area contributed by atoms with Gasteiger partial charge < -0.3 is 15.7 Å². The van der Waals surface area contributed by atoms with Crippen LogP contribution in [0.5, 0.6) is 0 Å². The van der Waals surface area contributed by atoms with Crippen LogP contribution in [0.25, 0.3) is 0 Å². The van der Waals surface area contributed by atoms with Gasteiger partial charge in [0.15, 0.2) is 0 Å². The molecule has 1 atom stereocenters. The predicted molar refractivity (Wildman–Crippen MR) is 90.1 cm³/mol. The van der Waals surface area contributed by atoms with Gasteiger partial charge in [0.05, 0.1) is 12.6 Å². The SMILES string of the molecule is O=C(CCNCC(O)c1ccccc1Cl)NCc1cccs1. The van der Waals surface area contributed by atoms with Gasteiger partial charge in [0.1, 0.15) is 0 Å². The molecule has 0 radical (unpaired) electrons. The monoisotopic (exact) mass is 338 g/mol. The molecular formula is C16H19ClN2O2S. The van der Waals surface area contributed by atoms with E-state index < -0.39 is 6.10 Å². The molecule has 0 aliphatic carbocycles. The Morgan fingerprint density at radius 2 is 2.09 bits per heavy atom. The van der Waals surface area contributed by atoms with Gasteiger partial charge in [0, 0.05) is 35.0 Å². The number of nitrogens with one attached hydrogen (secondary N) is 2. The van der Waals surface area contributed by atoms with E-state index in [4.69, 9.17) is 11.6 Å². The van der Waals surface area contributed by atoms with Crippen molar-refractivity contribution in [3.8, 4) is 0 Å². The lowest BCUT2D eigenvalue weighted by Crippen LogP contribution is -2.29. The summed E-state index contributed by atoms with van der Waals surface area (Å²) in [5.41, 5.74) is 0.693. The maximum absolute atomic E-state index is 11.7. The minimum absolute atomic E-state index is 0.00636. The van der Waals surface area contributed by atoms with Crippen molar-refractivity contribution < 1.29 is 9.90 Å². The van der Waals surface area contributed by atoms with Crippen LogP contribution in [0.3, 0.4) is 0 Å². The molecule has 1 aromatic heterocycles. The summed E-state index contributed by atoms with van der Waals surface area (Å²) in [6.07, 6.45) is -0.302. The molecule has 0 aliphatic rings. The Labute approximate surface area is 139 Å². The summed E-state index contributed by atoms with van der Waals surface area (Å²) >= 11 is 7.64. The second kappa shape index (κ2) is 8.90. The Kier molecular flexibility index (Phi) is 6.86. The molecule has 4 nitrogen and oxygen atoms in total. The van der Waals surface area contributed by atoms with Crippen molar-refractivity contribution in [2.45, 2.75) is 19.1 Å². The molecule has 1 heterocycles. The van der Waals surface area contributed by atoms with E-state index in [1.54, 1.807) is 23.5 Å². The lowest BCUT2D eigenvalue weighted by atomic mass is 10.1. The van der Waals surface area contributed by atoms with Gasteiger partial charge in [-0.1, -0.05) is 35.9 Å². The van der Waals surface area contributed by atoms with Crippen LogP contribution in [0.2, 0.25) is 5.02 Å². The summed E-state index contributed by atoms with van der Waals surface area (Å²) in [4.78, 5) is 12.8. The summed E-state index contributed by atoms with van der Waals surface area (Å²) in [5.74, 6) is -0.00636. The minimum atomic E-state index is -0.678. The zero-order valence-electron chi connectivity index (χ0n) is 12.1. The molecule has 0 saturated heterocycles. The van der Waals surface area contributed by atoms with Crippen LogP contribution in [0.4, 0.5) is 0 Å². The molecule has 22 heavy (non-hydrogen) atoms. The van der Waals surface area contributed by atoms with E-state index in [0.29, 0.717) is 36.6 Å². The van der Waals surface area contributed by atoms with Gasteiger partial charge in [0.2, 0.25) is 5.91 Å². The van der Waals surface area contributed by atoms with E-state index in [-0.39, 0.29) is 5.91 Å². The molecule has 0 saturated carbocycles. The number of aliphatic hydroxyl groups is 1. The fourth-order valence-corrected chi connectivity index (χ4v) is 2.89. The Balaban J connectivity index is 1.62. The number of aliphatic hydroxyl groups excluding tert-OH is 1. The summed E-state index contributed by atoms with van der Waals surface area (Å²) in [6.45, 7) is 1.44. The van der Waals surface area contributed by atoms with Crippen molar-refractivity contribution in [1.29, 1.82) is 0 Å². The van der Waals surface area contributed by atoms with Crippen LogP contribution in [0.15, 0.2) is 41.8 Å². The Bertz CT molecular complexity index is 590. The Hall–Kier alpha value is -1.40. The van der Waals surface area contributed by atoms with E-state index >= 15 is 0 Å². The fourth-order valence-electron chi connectivity index (χ4n) is 1.98. The summed E-state index contributed by atoms with van der Waals surface area (Å²) in [6, 6.07) is 11.2. The first-order valence-corrected chi connectivity index (χ1v) is 8.35. The smallest absolute Gasteiger partial charge is 0.221 e. The maximum atomic E-state index is 11.7. The van der Waals surface area contributed by atoms with Crippen LogP contribution < -0.4 is 10.6 Å². The quantitative estimate of drug-likeness (QED) is 0.649. The van der Waals surface area contributed by atoms with Crippen molar-refractivity contribution in [3.05, 3.63) is 57.2 Å². The number of thiophene rings is 1. The van der Waals surface area contributed by atoms with Crippen LogP contribution >= 0.6 is 22.9 Å². The van der Waals surface area contributed by atoms with E-state index in [1.807, 2.05) is 29.6 Å². The van der Waals surface area contributed by atoms with Crippen molar-refractivity contribution in [3.63, 3.8) is 0 Å². The average Bonchev–Trinajstić information content (AvgIpc) is 3.03. The lowest BCUT2D eigenvalue weighted by Gasteiger charge is -2.13. The number of halogens is 1. The molecule has 1 unspecified atom stereocenters. The third kappa shape index (κ3) is 5.42. The third-order valence-corrected chi connectivity index (χ3v) is 4.39. The zero-order chi connectivity index (χ0) is 15.8. The average molecular weight is 339 g/mol. The molecule has 1 aromatic carbocycles. The zero-order valence-corrected chi connectivity index (χ0v) is 13.7. The number of rotatable bonds is 8. The Morgan fingerprint density at radius 1 is 1.27 bits per heavy atom. The summed E-state index contributed by atoms with van der Waals surface area (Å²) in [7, 11) is 0. The third-order valence-electron chi connectivity index (χ3n) is 3.17.